The van der Waals surface area contributed by atoms with Crippen LogP contribution in [0.5, 0.6) is 0 Å². The Morgan fingerprint density at radius 2 is 2.22 bits per heavy atom. The molecule has 1 heterocycles. The molecule has 0 amide bonds. The Balaban J connectivity index is 2.79. The van der Waals surface area contributed by atoms with Crippen LogP contribution in [0.1, 0.15) is 51.0 Å². The van der Waals surface area contributed by atoms with Gasteiger partial charge in [0, 0.05) is 0 Å². The normalized spacial score (nSPS) is 13.1. The van der Waals surface area contributed by atoms with E-state index in [2.05, 4.69) is 19.0 Å². The van der Waals surface area contributed by atoms with Crippen LogP contribution in [-0.2, 0) is 0 Å². The van der Waals surface area contributed by atoms with Crippen molar-refractivity contribution in [1.29, 1.82) is 0 Å². The van der Waals surface area contributed by atoms with Crippen molar-refractivity contribution < 1.29 is 9.45 Å². The predicted molar refractivity (Wildman–Crippen MR) is 70.2 cm³/mol. The number of allylic oxidation sites excluding steroid dienone is 1. The molecule has 0 spiro atoms. The number of hydrogen-bond acceptors (Lipinski definition) is 4. The summed E-state index contributed by atoms with van der Waals surface area (Å²) in [7, 11) is 0. The largest absolute Gasteiger partial charge is 0.349 e. The van der Waals surface area contributed by atoms with Gasteiger partial charge in [-0.2, -0.15) is 0 Å². The van der Waals surface area contributed by atoms with Crippen LogP contribution in [0.3, 0.4) is 0 Å². The third-order valence-electron chi connectivity index (χ3n) is 3.01. The molecule has 1 aromatic rings. The van der Waals surface area contributed by atoms with Crippen molar-refractivity contribution in [2.24, 2.45) is 5.92 Å². The van der Waals surface area contributed by atoms with Crippen LogP contribution in [0, 0.1) is 23.0 Å². The van der Waals surface area contributed by atoms with E-state index in [1.807, 2.05) is 6.08 Å². The van der Waals surface area contributed by atoms with E-state index < -0.39 is 4.92 Å². The maximum atomic E-state index is 10.9. The van der Waals surface area contributed by atoms with Crippen LogP contribution >= 0.6 is 0 Å². The van der Waals surface area contributed by atoms with E-state index in [-0.39, 0.29) is 11.4 Å². The molecule has 1 atom stereocenters. The van der Waals surface area contributed by atoms with Gasteiger partial charge in [0.2, 0.25) is 5.76 Å². The van der Waals surface area contributed by atoms with Crippen LogP contribution in [-0.4, -0.2) is 10.1 Å². The fourth-order valence-corrected chi connectivity index (χ4v) is 1.84. The monoisotopic (exact) mass is 252 g/mol. The lowest BCUT2D eigenvalue weighted by Gasteiger charge is -2.07. The van der Waals surface area contributed by atoms with Crippen molar-refractivity contribution in [2.75, 3.05) is 0 Å². The van der Waals surface area contributed by atoms with Gasteiger partial charge in [0.1, 0.15) is 0 Å². The highest BCUT2D eigenvalue weighted by Crippen LogP contribution is 2.25. The molecule has 1 aromatic heterocycles. The third kappa shape index (κ3) is 3.68. The molecule has 0 aliphatic rings. The summed E-state index contributed by atoms with van der Waals surface area (Å²) in [6.07, 6.45) is 8.12. The van der Waals surface area contributed by atoms with E-state index in [0.29, 0.717) is 11.6 Å². The SMILES string of the molecule is CCCCC(C=Cc1onc(C)c1[N+](=O)[O-])CC. The van der Waals surface area contributed by atoms with Gasteiger partial charge >= 0.3 is 5.69 Å². The molecule has 0 saturated carbocycles. The van der Waals surface area contributed by atoms with E-state index in [0.717, 1.165) is 19.3 Å². The summed E-state index contributed by atoms with van der Waals surface area (Å²) in [5.74, 6) is 0.683. The second kappa shape index (κ2) is 6.93. The minimum absolute atomic E-state index is 0.0309. The molecular weight excluding hydrogens is 232 g/mol. The first-order chi connectivity index (χ1) is 8.60. The van der Waals surface area contributed by atoms with Crippen molar-refractivity contribution in [3.05, 3.63) is 27.6 Å². The second-order valence-electron chi connectivity index (χ2n) is 4.41. The highest BCUT2D eigenvalue weighted by atomic mass is 16.6. The topological polar surface area (TPSA) is 69.2 Å². The molecular formula is C13H20N2O3. The molecule has 0 aliphatic carbocycles. The quantitative estimate of drug-likeness (QED) is 0.540. The fraction of sp³-hybridized carbons (Fsp3) is 0.615. The van der Waals surface area contributed by atoms with Gasteiger partial charge in [0.05, 0.1) is 4.92 Å². The van der Waals surface area contributed by atoms with Crippen LogP contribution in [0.15, 0.2) is 10.6 Å². The maximum absolute atomic E-state index is 10.9. The molecule has 0 aliphatic heterocycles. The molecule has 18 heavy (non-hydrogen) atoms. The molecule has 1 unspecified atom stereocenters. The molecule has 5 nitrogen and oxygen atoms in total. The van der Waals surface area contributed by atoms with Gasteiger partial charge in [0.15, 0.2) is 5.69 Å². The first-order valence-electron chi connectivity index (χ1n) is 6.39. The summed E-state index contributed by atoms with van der Waals surface area (Å²) in [4.78, 5) is 10.4. The molecule has 0 fully saturated rings. The summed E-state index contributed by atoms with van der Waals surface area (Å²) in [6.45, 7) is 5.85. The van der Waals surface area contributed by atoms with E-state index in [4.69, 9.17) is 4.52 Å². The number of nitrogens with zero attached hydrogens (tertiary/aromatic N) is 2. The zero-order valence-corrected chi connectivity index (χ0v) is 11.2. The Bertz CT molecular complexity index is 424. The lowest BCUT2D eigenvalue weighted by molar-refractivity contribution is -0.386. The number of unbranched alkanes of at least 4 members (excludes halogenated alkanes) is 1. The number of aromatic nitrogens is 1. The average Bonchev–Trinajstić information content (AvgIpc) is 2.71. The predicted octanol–water partition coefficient (Wildman–Crippen LogP) is 4.12. The fourth-order valence-electron chi connectivity index (χ4n) is 1.84. The highest BCUT2D eigenvalue weighted by Gasteiger charge is 2.22. The van der Waals surface area contributed by atoms with Gasteiger partial charge < -0.3 is 4.52 Å². The van der Waals surface area contributed by atoms with Crippen LogP contribution in [0.25, 0.3) is 6.08 Å². The maximum Gasteiger partial charge on any atom is 0.338 e. The van der Waals surface area contributed by atoms with Crippen molar-refractivity contribution in [2.45, 2.75) is 46.5 Å². The van der Waals surface area contributed by atoms with Gasteiger partial charge in [0.25, 0.3) is 0 Å². The summed E-state index contributed by atoms with van der Waals surface area (Å²) in [5, 5.41) is 14.5. The summed E-state index contributed by atoms with van der Waals surface area (Å²) < 4.78 is 4.98. The van der Waals surface area contributed by atoms with E-state index in [1.165, 1.54) is 6.42 Å². The lowest BCUT2D eigenvalue weighted by atomic mass is 9.98. The Hall–Kier alpha value is -1.65. The summed E-state index contributed by atoms with van der Waals surface area (Å²) in [6, 6.07) is 0. The lowest BCUT2D eigenvalue weighted by Crippen LogP contribution is -1.94. The van der Waals surface area contributed by atoms with Gasteiger partial charge in [-0.1, -0.05) is 37.9 Å². The number of nitro groups is 1. The van der Waals surface area contributed by atoms with Crippen LogP contribution in [0.4, 0.5) is 5.69 Å². The zero-order valence-electron chi connectivity index (χ0n) is 11.2. The summed E-state index contributed by atoms with van der Waals surface area (Å²) in [5.41, 5.74) is 0.290. The molecule has 0 saturated heterocycles. The smallest absolute Gasteiger partial charge is 0.338 e. The molecule has 1 rings (SSSR count). The molecule has 100 valence electrons. The van der Waals surface area contributed by atoms with Gasteiger partial charge in [-0.15, -0.1) is 0 Å². The average molecular weight is 252 g/mol. The van der Waals surface area contributed by atoms with Crippen molar-refractivity contribution >= 4 is 11.8 Å². The van der Waals surface area contributed by atoms with E-state index in [9.17, 15) is 10.1 Å². The van der Waals surface area contributed by atoms with Gasteiger partial charge in [-0.25, -0.2) is 0 Å². The third-order valence-corrected chi connectivity index (χ3v) is 3.01. The zero-order chi connectivity index (χ0) is 13.5. The van der Waals surface area contributed by atoms with Crippen molar-refractivity contribution in [3.8, 4) is 0 Å². The standard InChI is InChI=1S/C13H20N2O3/c1-4-6-7-11(5-2)8-9-12-13(15(16)17)10(3)14-18-12/h8-9,11H,4-7H2,1-3H3. The van der Waals surface area contributed by atoms with Crippen molar-refractivity contribution in [1.82, 2.24) is 5.16 Å². The Morgan fingerprint density at radius 1 is 1.50 bits per heavy atom. The molecule has 0 bridgehead atoms. The molecule has 0 N–H and O–H groups in total. The molecule has 0 aromatic carbocycles. The Labute approximate surface area is 107 Å². The Morgan fingerprint density at radius 3 is 2.78 bits per heavy atom. The van der Waals surface area contributed by atoms with Crippen LogP contribution in [0.2, 0.25) is 0 Å². The minimum atomic E-state index is -0.446. The first-order valence-corrected chi connectivity index (χ1v) is 6.39. The van der Waals surface area contributed by atoms with Gasteiger partial charge in [-0.05, 0) is 31.8 Å². The highest BCUT2D eigenvalue weighted by molar-refractivity contribution is 5.56. The van der Waals surface area contributed by atoms with Crippen molar-refractivity contribution in [3.63, 3.8) is 0 Å². The summed E-state index contributed by atoms with van der Waals surface area (Å²) >= 11 is 0. The minimum Gasteiger partial charge on any atom is -0.349 e. The van der Waals surface area contributed by atoms with E-state index in [1.54, 1.807) is 13.0 Å². The molecule has 5 heteroatoms. The van der Waals surface area contributed by atoms with E-state index >= 15 is 0 Å². The van der Waals surface area contributed by atoms with Crippen LogP contribution < -0.4 is 0 Å². The number of aryl methyl sites for hydroxylation is 1. The number of hydrogen-bond donors (Lipinski definition) is 0. The second-order valence-corrected chi connectivity index (χ2v) is 4.41. The number of rotatable bonds is 7. The Kier molecular flexibility index (Phi) is 5.55. The first kappa shape index (κ1) is 14.4. The van der Waals surface area contributed by atoms with Gasteiger partial charge in [-0.3, -0.25) is 10.1 Å². The molecule has 0 radical (unpaired) electrons.